The van der Waals surface area contributed by atoms with Gasteiger partial charge >= 0.3 is 6.18 Å². The molecule has 0 amide bonds. The normalized spacial score (nSPS) is 12.5. The fourth-order valence-corrected chi connectivity index (χ4v) is 2.41. The topological polar surface area (TPSA) is 30.0 Å². The summed E-state index contributed by atoms with van der Waals surface area (Å²) in [6, 6.07) is 3.29. The van der Waals surface area contributed by atoms with Crippen molar-refractivity contribution in [1.82, 2.24) is 4.98 Å². The van der Waals surface area contributed by atoms with E-state index in [0.717, 1.165) is 23.5 Å². The molecule has 0 aliphatic heterocycles. The van der Waals surface area contributed by atoms with Gasteiger partial charge in [0.1, 0.15) is 0 Å². The number of alkyl halides is 3. The Morgan fingerprint density at radius 2 is 2.07 bits per heavy atom. The number of thiazole rings is 1. The largest absolute Gasteiger partial charge is 0.416 e. The van der Waals surface area contributed by atoms with E-state index in [1.54, 1.807) is 0 Å². The molecule has 0 aliphatic carbocycles. The molecule has 1 heterocycles. The molecule has 15 heavy (non-hydrogen) atoms. The maximum atomic E-state index is 12.3. The first-order valence-corrected chi connectivity index (χ1v) is 5.45. The first-order chi connectivity index (χ1) is 7.00. The number of fused-ring (bicyclic) bond motifs is 1. The van der Waals surface area contributed by atoms with E-state index in [9.17, 15) is 17.7 Å². The van der Waals surface area contributed by atoms with Gasteiger partial charge in [-0.05, 0) is 18.2 Å². The summed E-state index contributed by atoms with van der Waals surface area (Å²) in [7, 11) is -0.272. The lowest BCUT2D eigenvalue weighted by atomic mass is 10.2. The van der Waals surface area contributed by atoms with E-state index in [1.807, 2.05) is 0 Å². The summed E-state index contributed by atoms with van der Waals surface area (Å²) in [5.41, 5.74) is -0.511. The first-order valence-electron chi connectivity index (χ1n) is 3.82. The molecule has 0 bridgehead atoms. The van der Waals surface area contributed by atoms with Crippen molar-refractivity contribution in [3.05, 3.63) is 23.8 Å². The maximum Gasteiger partial charge on any atom is 0.416 e. The van der Waals surface area contributed by atoms with Gasteiger partial charge in [0.05, 0.1) is 15.8 Å². The van der Waals surface area contributed by atoms with Crippen molar-refractivity contribution in [2.75, 3.05) is 0 Å². The van der Waals surface area contributed by atoms with Crippen LogP contribution in [0.15, 0.2) is 18.2 Å². The van der Waals surface area contributed by atoms with Crippen LogP contribution in [0.3, 0.4) is 0 Å². The maximum absolute atomic E-state index is 12.3. The third-order valence-electron chi connectivity index (χ3n) is 1.78. The lowest BCUT2D eigenvalue weighted by molar-refractivity contribution is -0.137. The van der Waals surface area contributed by atoms with Crippen molar-refractivity contribution in [2.45, 2.75) is 6.18 Å². The second-order valence-electron chi connectivity index (χ2n) is 2.77. The molecule has 2 rings (SSSR count). The summed E-state index contributed by atoms with van der Waals surface area (Å²) in [4.78, 5) is 3.80. The van der Waals surface area contributed by atoms with Crippen LogP contribution in [-0.4, -0.2) is 4.98 Å². The molecule has 1 aromatic carbocycles. The van der Waals surface area contributed by atoms with Gasteiger partial charge in [-0.1, -0.05) is 0 Å². The second-order valence-corrected chi connectivity index (χ2v) is 4.71. The van der Waals surface area contributed by atoms with Gasteiger partial charge < -0.3 is 0 Å². The minimum atomic E-state index is -4.37. The molecule has 0 N–H and O–H groups in total. The molecule has 78 valence electrons. The second kappa shape index (κ2) is 3.54. The van der Waals surface area contributed by atoms with Crippen molar-refractivity contribution in [3.8, 4) is 0 Å². The van der Waals surface area contributed by atoms with Crippen LogP contribution in [0.4, 0.5) is 13.2 Å². The van der Waals surface area contributed by atoms with E-state index < -0.39 is 11.7 Å². The highest BCUT2D eigenvalue weighted by atomic mass is 32.1. The zero-order valence-electron chi connectivity index (χ0n) is 7.08. The molecule has 0 saturated heterocycles. The standard InChI is InChI=1S/C8H3F3NOPS/c9-8(10,11)4-1-2-6-5(3-4)12-7(14-13)15-6/h1-3H. The van der Waals surface area contributed by atoms with Gasteiger partial charge in [-0.3, -0.25) is 4.57 Å². The highest BCUT2D eigenvalue weighted by Crippen LogP contribution is 2.31. The molecule has 0 aliphatic rings. The number of rotatable bonds is 1. The van der Waals surface area contributed by atoms with E-state index in [2.05, 4.69) is 4.98 Å². The Morgan fingerprint density at radius 3 is 2.67 bits per heavy atom. The molecule has 0 saturated carbocycles. The molecule has 1 aromatic heterocycles. The SMILES string of the molecule is O=Pc1nc2cc(C(F)(F)F)ccc2s1. The molecular weight excluding hydrogens is 246 g/mol. The molecule has 0 fully saturated rings. The Kier molecular flexibility index (Phi) is 2.48. The third-order valence-corrected chi connectivity index (χ3v) is 3.37. The first kappa shape index (κ1) is 10.5. The Labute approximate surface area is 88.0 Å². The fourth-order valence-electron chi connectivity index (χ4n) is 1.13. The number of hydrogen-bond acceptors (Lipinski definition) is 3. The van der Waals surface area contributed by atoms with E-state index in [1.165, 1.54) is 6.07 Å². The molecule has 0 radical (unpaired) electrons. The molecule has 2 nitrogen and oxygen atoms in total. The van der Waals surface area contributed by atoms with Gasteiger partial charge in [0.15, 0.2) is 4.75 Å². The smallest absolute Gasteiger partial charge is 0.267 e. The van der Waals surface area contributed by atoms with Gasteiger partial charge in [0.25, 0.3) is 0 Å². The molecular formula is C8H3F3NOPS. The molecule has 0 atom stereocenters. The van der Waals surface area contributed by atoms with Crippen molar-refractivity contribution in [2.24, 2.45) is 0 Å². The number of halogens is 3. The zero-order valence-corrected chi connectivity index (χ0v) is 8.79. The van der Waals surface area contributed by atoms with Gasteiger partial charge in [-0.15, -0.1) is 11.3 Å². The summed E-state index contributed by atoms with van der Waals surface area (Å²) in [6.45, 7) is 0. The van der Waals surface area contributed by atoms with Gasteiger partial charge in [-0.2, -0.15) is 13.2 Å². The number of benzene rings is 1. The molecule has 2 aromatic rings. The fraction of sp³-hybridized carbons (Fsp3) is 0.125. The summed E-state index contributed by atoms with van der Waals surface area (Å²) in [6.07, 6.45) is -4.37. The van der Waals surface area contributed by atoms with Crippen LogP contribution in [-0.2, 0) is 10.7 Å². The van der Waals surface area contributed by atoms with Crippen LogP contribution in [0.25, 0.3) is 10.2 Å². The zero-order chi connectivity index (χ0) is 11.1. The Balaban J connectivity index is 2.60. The number of aromatic nitrogens is 1. The van der Waals surface area contributed by atoms with Crippen LogP contribution in [0, 0.1) is 0 Å². The average molecular weight is 249 g/mol. The van der Waals surface area contributed by atoms with Crippen LogP contribution in [0.2, 0.25) is 0 Å². The summed E-state index contributed by atoms with van der Waals surface area (Å²) >= 11 is 1.11. The van der Waals surface area contributed by atoms with Crippen molar-refractivity contribution in [3.63, 3.8) is 0 Å². The molecule has 0 spiro atoms. The van der Waals surface area contributed by atoms with E-state index in [4.69, 9.17) is 0 Å². The van der Waals surface area contributed by atoms with Gasteiger partial charge in [0, 0.05) is 0 Å². The quantitative estimate of drug-likeness (QED) is 0.726. The van der Waals surface area contributed by atoms with E-state index in [0.29, 0.717) is 4.70 Å². The van der Waals surface area contributed by atoms with E-state index in [-0.39, 0.29) is 18.7 Å². The third kappa shape index (κ3) is 2.01. The van der Waals surface area contributed by atoms with Gasteiger partial charge in [-0.25, -0.2) is 4.98 Å². The van der Waals surface area contributed by atoms with Crippen LogP contribution < -0.4 is 4.75 Å². The molecule has 7 heteroatoms. The summed E-state index contributed by atoms with van der Waals surface area (Å²) < 4.78 is 48.3. The number of hydrogen-bond donors (Lipinski definition) is 0. The molecule has 0 unspecified atom stereocenters. The highest BCUT2D eigenvalue weighted by molar-refractivity contribution is 7.48. The lowest BCUT2D eigenvalue weighted by Gasteiger charge is -2.04. The minimum Gasteiger partial charge on any atom is -0.267 e. The van der Waals surface area contributed by atoms with Crippen molar-refractivity contribution in [1.29, 1.82) is 0 Å². The highest BCUT2D eigenvalue weighted by Gasteiger charge is 2.30. The van der Waals surface area contributed by atoms with Crippen LogP contribution in [0.1, 0.15) is 5.56 Å². The minimum absolute atomic E-state index is 0.230. The van der Waals surface area contributed by atoms with Crippen LogP contribution in [0.5, 0.6) is 0 Å². The van der Waals surface area contributed by atoms with Crippen LogP contribution >= 0.6 is 19.8 Å². The monoisotopic (exact) mass is 249 g/mol. The lowest BCUT2D eigenvalue weighted by Crippen LogP contribution is -2.04. The van der Waals surface area contributed by atoms with Crippen molar-refractivity contribution >= 4 is 34.8 Å². The summed E-state index contributed by atoms with van der Waals surface area (Å²) in [5, 5.41) is 0. The van der Waals surface area contributed by atoms with E-state index >= 15 is 0 Å². The Hall–Kier alpha value is -1.00. The predicted molar refractivity (Wildman–Crippen MR) is 51.9 cm³/mol. The van der Waals surface area contributed by atoms with Gasteiger partial charge in [0.2, 0.25) is 8.46 Å². The Bertz CT molecular complexity index is 522. The Morgan fingerprint density at radius 1 is 1.33 bits per heavy atom. The predicted octanol–water partition coefficient (Wildman–Crippen LogP) is 3.23. The number of nitrogens with zero attached hydrogens (tertiary/aromatic N) is 1. The van der Waals surface area contributed by atoms with Crippen molar-refractivity contribution < 1.29 is 17.7 Å². The average Bonchev–Trinajstić information content (AvgIpc) is 2.57. The summed E-state index contributed by atoms with van der Waals surface area (Å²) in [5.74, 6) is 0.